The highest BCUT2D eigenvalue weighted by Gasteiger charge is 2.37. The van der Waals surface area contributed by atoms with Gasteiger partial charge in [0, 0.05) is 43.7 Å². The van der Waals surface area contributed by atoms with Gasteiger partial charge in [0.15, 0.2) is 0 Å². The van der Waals surface area contributed by atoms with E-state index in [-0.39, 0.29) is 5.91 Å². The van der Waals surface area contributed by atoms with Gasteiger partial charge in [0.2, 0.25) is 0 Å². The van der Waals surface area contributed by atoms with Crippen molar-refractivity contribution in [2.45, 2.75) is 50.6 Å². The number of carbonyl (C=O) groups is 1. The molecule has 0 bridgehead atoms. The first kappa shape index (κ1) is 22.9. The van der Waals surface area contributed by atoms with Crippen LogP contribution in [-0.2, 0) is 6.54 Å². The van der Waals surface area contributed by atoms with Crippen LogP contribution in [0.2, 0.25) is 0 Å². The minimum Gasteiger partial charge on any atom is -0.335 e. The van der Waals surface area contributed by atoms with Crippen molar-refractivity contribution in [1.29, 1.82) is 0 Å². The first-order chi connectivity index (χ1) is 16.8. The number of nitrogens with zero attached hydrogens (tertiary/aromatic N) is 2. The zero-order valence-corrected chi connectivity index (χ0v) is 20.1. The molecule has 1 aliphatic heterocycles. The van der Waals surface area contributed by atoms with Crippen molar-refractivity contribution in [1.82, 2.24) is 9.80 Å². The largest absolute Gasteiger partial charge is 0.335 e. The molecule has 2 atom stereocenters. The lowest BCUT2D eigenvalue weighted by molar-refractivity contribution is 0.0588. The quantitative estimate of drug-likeness (QED) is 0.415. The molecule has 1 saturated carbocycles. The molecule has 3 nitrogen and oxygen atoms in total. The summed E-state index contributed by atoms with van der Waals surface area (Å²) in [4.78, 5) is 18.6. The van der Waals surface area contributed by atoms with Crippen LogP contribution in [0.25, 0.3) is 0 Å². The second-order valence-electron chi connectivity index (χ2n) is 10.1. The molecule has 0 N–H and O–H groups in total. The number of carbonyl (C=O) groups excluding carboxylic acids is 1. The maximum absolute atomic E-state index is 13.8. The average Bonchev–Trinajstić information content (AvgIpc) is 3.31. The molecule has 1 saturated heterocycles. The molecule has 2 aliphatic rings. The zero-order valence-electron chi connectivity index (χ0n) is 20.1. The number of hydrogen-bond donors (Lipinski definition) is 0. The highest BCUT2D eigenvalue weighted by molar-refractivity contribution is 5.94. The Kier molecular flexibility index (Phi) is 7.40. The van der Waals surface area contributed by atoms with Crippen LogP contribution in [0, 0.1) is 5.92 Å². The fourth-order valence-electron chi connectivity index (χ4n) is 5.98. The normalized spacial score (nSPS) is 21.4. The van der Waals surface area contributed by atoms with Crippen LogP contribution in [0.3, 0.4) is 0 Å². The lowest BCUT2D eigenvalue weighted by Crippen LogP contribution is -2.45. The molecule has 2 fully saturated rings. The summed E-state index contributed by atoms with van der Waals surface area (Å²) < 4.78 is 0. The predicted octanol–water partition coefficient (Wildman–Crippen LogP) is 6.38. The van der Waals surface area contributed by atoms with E-state index < -0.39 is 0 Å². The van der Waals surface area contributed by atoms with Gasteiger partial charge in [-0.15, -0.1) is 0 Å². The first-order valence-corrected chi connectivity index (χ1v) is 12.9. The number of benzene rings is 3. The fraction of sp³-hybridized carbons (Fsp3) is 0.387. The van der Waals surface area contributed by atoms with Crippen LogP contribution in [-0.4, -0.2) is 41.4 Å². The smallest absolute Gasteiger partial charge is 0.254 e. The van der Waals surface area contributed by atoms with Crippen LogP contribution in [0.4, 0.5) is 0 Å². The highest BCUT2D eigenvalue weighted by atomic mass is 16.2. The van der Waals surface area contributed by atoms with Gasteiger partial charge in [0.05, 0.1) is 0 Å². The van der Waals surface area contributed by atoms with E-state index in [9.17, 15) is 4.79 Å². The monoisotopic (exact) mass is 452 g/mol. The minimum atomic E-state index is 0.209. The fourth-order valence-corrected chi connectivity index (χ4v) is 5.98. The van der Waals surface area contributed by atoms with E-state index >= 15 is 0 Å². The van der Waals surface area contributed by atoms with E-state index in [2.05, 4.69) is 70.5 Å². The predicted molar refractivity (Wildman–Crippen MR) is 139 cm³/mol. The van der Waals surface area contributed by atoms with Gasteiger partial charge in [-0.1, -0.05) is 98.1 Å². The van der Waals surface area contributed by atoms with Crippen molar-refractivity contribution in [3.8, 4) is 0 Å². The SMILES string of the molecule is O=C(c1ccccc1)N(CC1CN(Cc2ccccc2)CC1c1ccccc1)C1CCCCC1. The van der Waals surface area contributed by atoms with E-state index in [0.717, 1.165) is 44.6 Å². The van der Waals surface area contributed by atoms with E-state index in [1.807, 2.05) is 30.3 Å². The Morgan fingerprint density at radius 3 is 2.06 bits per heavy atom. The molecular weight excluding hydrogens is 416 g/mol. The average molecular weight is 453 g/mol. The van der Waals surface area contributed by atoms with Crippen molar-refractivity contribution >= 4 is 5.91 Å². The number of likely N-dealkylation sites (tertiary alicyclic amines) is 1. The Labute approximate surface area is 204 Å². The van der Waals surface area contributed by atoms with Gasteiger partial charge in [0.1, 0.15) is 0 Å². The molecular formula is C31H36N2O. The topological polar surface area (TPSA) is 23.6 Å². The Morgan fingerprint density at radius 2 is 1.38 bits per heavy atom. The van der Waals surface area contributed by atoms with Crippen molar-refractivity contribution in [3.05, 3.63) is 108 Å². The van der Waals surface area contributed by atoms with Gasteiger partial charge in [-0.05, 0) is 42.0 Å². The molecule has 5 rings (SSSR count). The Morgan fingerprint density at radius 1 is 0.765 bits per heavy atom. The van der Waals surface area contributed by atoms with Crippen LogP contribution < -0.4 is 0 Å². The van der Waals surface area contributed by atoms with Crippen LogP contribution in [0.5, 0.6) is 0 Å². The summed E-state index contributed by atoms with van der Waals surface area (Å²) >= 11 is 0. The van der Waals surface area contributed by atoms with Gasteiger partial charge < -0.3 is 4.90 Å². The van der Waals surface area contributed by atoms with Crippen LogP contribution in [0.15, 0.2) is 91.0 Å². The molecule has 176 valence electrons. The summed E-state index contributed by atoms with van der Waals surface area (Å²) in [6.45, 7) is 3.88. The lowest BCUT2D eigenvalue weighted by Gasteiger charge is -2.37. The van der Waals surface area contributed by atoms with Crippen molar-refractivity contribution in [2.24, 2.45) is 5.92 Å². The molecule has 2 unspecified atom stereocenters. The van der Waals surface area contributed by atoms with Crippen LogP contribution >= 0.6 is 0 Å². The molecule has 0 radical (unpaired) electrons. The van der Waals surface area contributed by atoms with Gasteiger partial charge in [-0.25, -0.2) is 0 Å². The van der Waals surface area contributed by atoms with Gasteiger partial charge in [0.25, 0.3) is 5.91 Å². The molecule has 0 aromatic heterocycles. The van der Waals surface area contributed by atoms with Crippen molar-refractivity contribution in [2.75, 3.05) is 19.6 Å². The van der Waals surface area contributed by atoms with Gasteiger partial charge >= 0.3 is 0 Å². The van der Waals surface area contributed by atoms with E-state index in [0.29, 0.717) is 17.9 Å². The van der Waals surface area contributed by atoms with E-state index in [1.54, 1.807) is 0 Å². The second kappa shape index (κ2) is 11.0. The number of rotatable bonds is 7. The first-order valence-electron chi connectivity index (χ1n) is 12.9. The minimum absolute atomic E-state index is 0.209. The maximum atomic E-state index is 13.8. The summed E-state index contributed by atoms with van der Waals surface area (Å²) in [7, 11) is 0. The van der Waals surface area contributed by atoms with Gasteiger partial charge in [-0.3, -0.25) is 9.69 Å². The maximum Gasteiger partial charge on any atom is 0.254 e. The summed E-state index contributed by atoms with van der Waals surface area (Å²) in [5, 5.41) is 0. The standard InChI is InChI=1S/C31H36N2O/c34-31(27-17-9-3-10-18-27)33(29-19-11-4-12-20-29)23-28-22-32(21-25-13-5-1-6-14-25)24-30(28)26-15-7-2-8-16-26/h1-3,5-10,13-18,28-30H,4,11-12,19-24H2. The van der Waals surface area contributed by atoms with Gasteiger partial charge in [-0.2, -0.15) is 0 Å². The summed E-state index contributed by atoms with van der Waals surface area (Å²) in [6.07, 6.45) is 6.03. The van der Waals surface area contributed by atoms with Crippen molar-refractivity contribution in [3.63, 3.8) is 0 Å². The molecule has 3 aromatic rings. The Bertz CT molecular complexity index is 1030. The van der Waals surface area contributed by atoms with Crippen molar-refractivity contribution < 1.29 is 4.79 Å². The molecule has 0 spiro atoms. The number of amides is 1. The lowest BCUT2D eigenvalue weighted by atomic mass is 9.87. The molecule has 3 heteroatoms. The highest BCUT2D eigenvalue weighted by Crippen LogP contribution is 2.36. The number of hydrogen-bond acceptors (Lipinski definition) is 2. The summed E-state index contributed by atoms with van der Waals surface area (Å²) in [6, 6.07) is 32.0. The Hall–Kier alpha value is -2.91. The zero-order chi connectivity index (χ0) is 23.2. The molecule has 3 aromatic carbocycles. The van der Waals surface area contributed by atoms with E-state index in [4.69, 9.17) is 0 Å². The molecule has 1 heterocycles. The molecule has 1 aliphatic carbocycles. The summed E-state index contributed by atoms with van der Waals surface area (Å²) in [5.74, 6) is 1.08. The third-order valence-corrected chi connectivity index (χ3v) is 7.72. The Balaban J connectivity index is 1.40. The summed E-state index contributed by atoms with van der Waals surface area (Å²) in [5.41, 5.74) is 3.58. The van der Waals surface area contributed by atoms with E-state index in [1.165, 1.54) is 30.4 Å². The third-order valence-electron chi connectivity index (χ3n) is 7.72. The molecule has 1 amide bonds. The molecule has 34 heavy (non-hydrogen) atoms. The van der Waals surface area contributed by atoms with Crippen LogP contribution in [0.1, 0.15) is 59.5 Å². The third kappa shape index (κ3) is 5.42. The second-order valence-corrected chi connectivity index (χ2v) is 10.1.